The van der Waals surface area contributed by atoms with Crippen molar-refractivity contribution in [2.24, 2.45) is 11.8 Å². The van der Waals surface area contributed by atoms with Crippen LogP contribution in [0.5, 0.6) is 0 Å². The van der Waals surface area contributed by atoms with E-state index in [0.717, 1.165) is 25.4 Å². The highest BCUT2D eigenvalue weighted by atomic mass is 79.9. The van der Waals surface area contributed by atoms with Gasteiger partial charge in [-0.15, -0.1) is 0 Å². The molecule has 4 heteroatoms. The molecule has 1 saturated heterocycles. The average molecular weight is 340 g/mol. The van der Waals surface area contributed by atoms with Gasteiger partial charge in [-0.2, -0.15) is 0 Å². The molecule has 1 aromatic rings. The van der Waals surface area contributed by atoms with E-state index in [4.69, 9.17) is 0 Å². The van der Waals surface area contributed by atoms with Crippen molar-refractivity contribution in [3.8, 4) is 0 Å². The van der Waals surface area contributed by atoms with E-state index < -0.39 is 0 Å². The third-order valence-corrected chi connectivity index (χ3v) is 5.57. The number of amides is 1. The number of hydrogen-bond acceptors (Lipinski definition) is 1. The molecule has 0 N–H and O–H groups in total. The molecule has 2 aliphatic rings. The molecule has 1 saturated carbocycles. The van der Waals surface area contributed by atoms with E-state index in [2.05, 4.69) is 15.9 Å². The molecule has 3 rings (SSSR count). The summed E-state index contributed by atoms with van der Waals surface area (Å²) in [5, 5.41) is 0. The predicted octanol–water partition coefficient (Wildman–Crippen LogP) is 4.24. The van der Waals surface area contributed by atoms with E-state index in [-0.39, 0.29) is 16.2 Å². The molecule has 2 fully saturated rings. The van der Waals surface area contributed by atoms with Crippen LogP contribution in [0.25, 0.3) is 0 Å². The number of rotatable bonds is 1. The lowest BCUT2D eigenvalue weighted by molar-refractivity contribution is 0.0519. The summed E-state index contributed by atoms with van der Waals surface area (Å²) in [4.78, 5) is 14.5. The first-order valence-electron chi connectivity index (χ1n) is 7.40. The smallest absolute Gasteiger partial charge is 0.255 e. The molecule has 0 radical (unpaired) electrons. The number of halogens is 2. The molecule has 1 amide bonds. The SMILES string of the molecule is O=C(c1cccc(F)c1Br)N1CCC2CCCCC2C1. The van der Waals surface area contributed by atoms with Crippen molar-refractivity contribution in [2.75, 3.05) is 13.1 Å². The van der Waals surface area contributed by atoms with Crippen molar-refractivity contribution in [2.45, 2.75) is 32.1 Å². The maximum atomic E-state index is 13.6. The summed E-state index contributed by atoms with van der Waals surface area (Å²) in [7, 11) is 0. The van der Waals surface area contributed by atoms with Gasteiger partial charge in [-0.3, -0.25) is 4.79 Å². The fourth-order valence-electron chi connectivity index (χ4n) is 3.62. The van der Waals surface area contributed by atoms with Crippen molar-refractivity contribution in [1.82, 2.24) is 4.90 Å². The van der Waals surface area contributed by atoms with Gasteiger partial charge in [0.2, 0.25) is 0 Å². The minimum absolute atomic E-state index is 0.0413. The fraction of sp³-hybridized carbons (Fsp3) is 0.562. The lowest BCUT2D eigenvalue weighted by atomic mass is 9.75. The van der Waals surface area contributed by atoms with Crippen LogP contribution in [0.2, 0.25) is 0 Å². The van der Waals surface area contributed by atoms with E-state index in [1.807, 2.05) is 4.90 Å². The molecular formula is C16H19BrFNO. The molecule has 0 aromatic heterocycles. The van der Waals surface area contributed by atoms with Gasteiger partial charge in [0.15, 0.2) is 0 Å². The van der Waals surface area contributed by atoms with Gasteiger partial charge < -0.3 is 4.90 Å². The normalized spacial score (nSPS) is 26.2. The van der Waals surface area contributed by atoms with Crippen LogP contribution in [-0.4, -0.2) is 23.9 Å². The molecule has 1 aromatic carbocycles. The Balaban J connectivity index is 1.76. The number of carbonyl (C=O) groups excluding carboxylic acids is 1. The van der Waals surface area contributed by atoms with E-state index in [1.165, 1.54) is 31.7 Å². The molecule has 2 atom stereocenters. The molecule has 1 aliphatic heterocycles. The molecule has 0 bridgehead atoms. The van der Waals surface area contributed by atoms with E-state index in [0.29, 0.717) is 11.5 Å². The van der Waals surface area contributed by atoms with E-state index in [9.17, 15) is 9.18 Å². The van der Waals surface area contributed by atoms with Gasteiger partial charge in [0, 0.05) is 13.1 Å². The fourth-order valence-corrected chi connectivity index (χ4v) is 4.06. The third-order valence-electron chi connectivity index (χ3n) is 4.76. The molecule has 0 spiro atoms. The van der Waals surface area contributed by atoms with Crippen molar-refractivity contribution in [1.29, 1.82) is 0 Å². The third kappa shape index (κ3) is 2.62. The maximum Gasteiger partial charge on any atom is 0.255 e. The summed E-state index contributed by atoms with van der Waals surface area (Å²) in [5.41, 5.74) is 0.444. The first-order valence-corrected chi connectivity index (χ1v) is 8.19. The Hall–Kier alpha value is -0.900. The Kier molecular flexibility index (Phi) is 4.11. The Bertz CT molecular complexity index is 519. The van der Waals surface area contributed by atoms with Crippen LogP contribution < -0.4 is 0 Å². The van der Waals surface area contributed by atoms with Gasteiger partial charge in [0.1, 0.15) is 5.82 Å². The van der Waals surface area contributed by atoms with Gasteiger partial charge >= 0.3 is 0 Å². The molecule has 20 heavy (non-hydrogen) atoms. The summed E-state index contributed by atoms with van der Waals surface area (Å²) in [6.45, 7) is 1.65. The lowest BCUT2D eigenvalue weighted by Crippen LogP contribution is -2.44. The highest BCUT2D eigenvalue weighted by Gasteiger charge is 2.33. The zero-order valence-electron chi connectivity index (χ0n) is 11.4. The topological polar surface area (TPSA) is 20.3 Å². The average Bonchev–Trinajstić information content (AvgIpc) is 2.49. The number of piperidine rings is 1. The van der Waals surface area contributed by atoms with Crippen LogP contribution in [0, 0.1) is 17.7 Å². The van der Waals surface area contributed by atoms with Crippen molar-refractivity contribution < 1.29 is 9.18 Å². The summed E-state index contributed by atoms with van der Waals surface area (Å²) in [6.07, 6.45) is 6.27. The quantitative estimate of drug-likeness (QED) is 0.749. The Morgan fingerprint density at radius 3 is 2.75 bits per heavy atom. The first-order chi connectivity index (χ1) is 9.66. The second kappa shape index (κ2) is 5.84. The number of likely N-dealkylation sites (tertiary alicyclic amines) is 1. The number of benzene rings is 1. The van der Waals surface area contributed by atoms with Crippen LogP contribution >= 0.6 is 15.9 Å². The number of fused-ring (bicyclic) bond motifs is 1. The lowest BCUT2D eigenvalue weighted by Gasteiger charge is -2.41. The summed E-state index contributed by atoms with van der Waals surface area (Å²) in [6, 6.07) is 4.66. The molecule has 1 aliphatic carbocycles. The van der Waals surface area contributed by atoms with Crippen LogP contribution in [0.15, 0.2) is 22.7 Å². The minimum Gasteiger partial charge on any atom is -0.338 e. The predicted molar refractivity (Wildman–Crippen MR) is 80.1 cm³/mol. The molecular weight excluding hydrogens is 321 g/mol. The Morgan fingerprint density at radius 1 is 1.20 bits per heavy atom. The highest BCUT2D eigenvalue weighted by Crippen LogP contribution is 2.36. The van der Waals surface area contributed by atoms with Crippen LogP contribution in [0.1, 0.15) is 42.5 Å². The zero-order chi connectivity index (χ0) is 14.1. The molecule has 108 valence electrons. The molecule has 2 unspecified atom stereocenters. The van der Waals surface area contributed by atoms with Crippen LogP contribution in [0.3, 0.4) is 0 Å². The Labute approximate surface area is 127 Å². The summed E-state index contributed by atoms with van der Waals surface area (Å²) < 4.78 is 13.8. The standard InChI is InChI=1S/C16H19BrFNO/c17-15-13(6-3-7-14(15)18)16(20)19-9-8-11-4-1-2-5-12(11)10-19/h3,6-7,11-12H,1-2,4-5,8-10H2. The van der Waals surface area contributed by atoms with Crippen LogP contribution in [-0.2, 0) is 0 Å². The first kappa shape index (κ1) is 14.1. The summed E-state index contributed by atoms with van der Waals surface area (Å²) in [5.74, 6) is 1.03. The second-order valence-corrected chi connectivity index (χ2v) is 6.74. The maximum absolute atomic E-state index is 13.6. The Morgan fingerprint density at radius 2 is 1.95 bits per heavy atom. The zero-order valence-corrected chi connectivity index (χ0v) is 13.0. The van der Waals surface area contributed by atoms with Gasteiger partial charge in [-0.05, 0) is 52.7 Å². The van der Waals surface area contributed by atoms with E-state index >= 15 is 0 Å². The molecule has 2 nitrogen and oxygen atoms in total. The number of carbonyl (C=O) groups is 1. The van der Waals surface area contributed by atoms with E-state index in [1.54, 1.807) is 12.1 Å². The van der Waals surface area contributed by atoms with Crippen molar-refractivity contribution in [3.05, 3.63) is 34.1 Å². The summed E-state index contributed by atoms with van der Waals surface area (Å²) >= 11 is 3.19. The number of nitrogens with zero attached hydrogens (tertiary/aromatic N) is 1. The van der Waals surface area contributed by atoms with Crippen molar-refractivity contribution >= 4 is 21.8 Å². The molecule has 1 heterocycles. The van der Waals surface area contributed by atoms with Gasteiger partial charge in [0.25, 0.3) is 5.91 Å². The van der Waals surface area contributed by atoms with Gasteiger partial charge in [0.05, 0.1) is 10.0 Å². The van der Waals surface area contributed by atoms with Crippen LogP contribution in [0.4, 0.5) is 4.39 Å². The largest absolute Gasteiger partial charge is 0.338 e. The highest BCUT2D eigenvalue weighted by molar-refractivity contribution is 9.10. The number of hydrogen-bond donors (Lipinski definition) is 0. The van der Waals surface area contributed by atoms with Gasteiger partial charge in [-0.25, -0.2) is 4.39 Å². The second-order valence-electron chi connectivity index (χ2n) is 5.95. The monoisotopic (exact) mass is 339 g/mol. The van der Waals surface area contributed by atoms with Gasteiger partial charge in [-0.1, -0.05) is 25.3 Å². The minimum atomic E-state index is -0.372. The van der Waals surface area contributed by atoms with Crippen molar-refractivity contribution in [3.63, 3.8) is 0 Å².